The van der Waals surface area contributed by atoms with E-state index < -0.39 is 5.91 Å². The first kappa shape index (κ1) is 23.6. The van der Waals surface area contributed by atoms with Gasteiger partial charge in [-0.1, -0.05) is 12.1 Å². The van der Waals surface area contributed by atoms with Crippen LogP contribution in [0.2, 0.25) is 0 Å². The summed E-state index contributed by atoms with van der Waals surface area (Å²) in [5.41, 5.74) is 1.43. The maximum Gasteiger partial charge on any atom is 0.409 e. The Morgan fingerprint density at radius 3 is 2.53 bits per heavy atom. The summed E-state index contributed by atoms with van der Waals surface area (Å²) in [6.07, 6.45) is 4.02. The molecule has 3 amide bonds. The molecule has 34 heavy (non-hydrogen) atoms. The highest BCUT2D eigenvalue weighted by atomic mass is 32.2. The number of nitrogens with one attached hydrogen (secondary N) is 1. The number of hydrogen-bond acceptors (Lipinski definition) is 9. The largest absolute Gasteiger partial charge is 0.474 e. The van der Waals surface area contributed by atoms with Gasteiger partial charge < -0.3 is 19.1 Å². The molecule has 0 spiro atoms. The molecule has 0 aliphatic carbocycles. The highest BCUT2D eigenvalue weighted by molar-refractivity contribution is 8.18. The average Bonchev–Trinajstić information content (AvgIpc) is 3.14. The second-order valence-electron chi connectivity index (χ2n) is 7.64. The third kappa shape index (κ3) is 5.66. The van der Waals surface area contributed by atoms with Crippen LogP contribution in [-0.2, 0) is 9.53 Å². The molecule has 11 heteroatoms. The lowest BCUT2D eigenvalue weighted by atomic mass is 10.1. The number of benzene rings is 1. The van der Waals surface area contributed by atoms with E-state index in [2.05, 4.69) is 15.3 Å². The van der Waals surface area contributed by atoms with Crippen LogP contribution in [0.15, 0.2) is 35.5 Å². The lowest BCUT2D eigenvalue weighted by molar-refractivity contribution is -0.115. The molecule has 2 saturated heterocycles. The number of carbonyl (C=O) groups excluding carboxylic acids is 3. The van der Waals surface area contributed by atoms with E-state index in [1.54, 1.807) is 42.2 Å². The second kappa shape index (κ2) is 10.6. The maximum atomic E-state index is 11.9. The summed E-state index contributed by atoms with van der Waals surface area (Å²) in [4.78, 5) is 45.3. The van der Waals surface area contributed by atoms with Crippen LogP contribution in [-0.4, -0.2) is 57.9 Å². The van der Waals surface area contributed by atoms with Crippen LogP contribution in [0.5, 0.6) is 17.5 Å². The highest BCUT2D eigenvalue weighted by Gasteiger charge is 2.26. The van der Waals surface area contributed by atoms with E-state index in [9.17, 15) is 14.4 Å². The number of nitrogens with zero attached hydrogens (tertiary/aromatic N) is 3. The molecule has 4 rings (SSSR count). The van der Waals surface area contributed by atoms with Crippen LogP contribution in [0.3, 0.4) is 0 Å². The molecular formula is C23H24N4O6S. The zero-order valence-electron chi connectivity index (χ0n) is 18.8. The molecule has 3 heterocycles. The van der Waals surface area contributed by atoms with Crippen molar-refractivity contribution < 1.29 is 28.6 Å². The van der Waals surface area contributed by atoms with Crippen molar-refractivity contribution >= 4 is 35.1 Å². The highest BCUT2D eigenvalue weighted by Crippen LogP contribution is 2.30. The number of hydrogen-bond donors (Lipinski definition) is 1. The number of amides is 3. The Morgan fingerprint density at radius 1 is 1.18 bits per heavy atom. The topological polar surface area (TPSA) is 120 Å². The summed E-state index contributed by atoms with van der Waals surface area (Å²) in [6.45, 7) is 5.09. The van der Waals surface area contributed by atoms with Gasteiger partial charge in [-0.3, -0.25) is 14.9 Å². The Morgan fingerprint density at radius 2 is 1.88 bits per heavy atom. The predicted molar refractivity (Wildman–Crippen MR) is 125 cm³/mol. The number of carbonyl (C=O) groups is 3. The summed E-state index contributed by atoms with van der Waals surface area (Å²) in [7, 11) is 0. The van der Waals surface area contributed by atoms with Crippen LogP contribution in [0.1, 0.15) is 30.9 Å². The van der Waals surface area contributed by atoms with Crippen molar-refractivity contribution in [2.45, 2.75) is 32.8 Å². The minimum Gasteiger partial charge on any atom is -0.474 e. The predicted octanol–water partition coefficient (Wildman–Crippen LogP) is 3.90. The van der Waals surface area contributed by atoms with Crippen LogP contribution in [0, 0.1) is 6.92 Å². The Bertz CT molecular complexity index is 1110. The molecule has 2 fully saturated rings. The molecule has 178 valence electrons. The number of thioether (sulfide) groups is 1. The van der Waals surface area contributed by atoms with Gasteiger partial charge in [-0.2, -0.15) is 0 Å². The SMILES string of the molecule is CCOC(=O)N1CCC(Oc2ncnc(Oc3ccc(/C=C4\SC(=O)NC4=O)cc3)c2C)CC1. The molecule has 0 unspecified atom stereocenters. The quantitative estimate of drug-likeness (QED) is 0.609. The summed E-state index contributed by atoms with van der Waals surface area (Å²) in [6, 6.07) is 7.06. The first-order valence-electron chi connectivity index (χ1n) is 10.9. The molecule has 0 atom stereocenters. The Balaban J connectivity index is 1.37. The van der Waals surface area contributed by atoms with Gasteiger partial charge >= 0.3 is 6.09 Å². The number of rotatable bonds is 6. The van der Waals surface area contributed by atoms with E-state index in [-0.39, 0.29) is 17.4 Å². The van der Waals surface area contributed by atoms with E-state index >= 15 is 0 Å². The van der Waals surface area contributed by atoms with Crippen molar-refractivity contribution in [3.63, 3.8) is 0 Å². The van der Waals surface area contributed by atoms with Gasteiger partial charge in [0.2, 0.25) is 11.8 Å². The van der Waals surface area contributed by atoms with Crippen molar-refractivity contribution in [1.29, 1.82) is 0 Å². The molecule has 10 nitrogen and oxygen atoms in total. The fraction of sp³-hybridized carbons (Fsp3) is 0.348. The Hall–Kier alpha value is -3.60. The molecule has 0 radical (unpaired) electrons. The molecule has 1 aromatic carbocycles. The summed E-state index contributed by atoms with van der Waals surface area (Å²) in [5, 5.41) is 1.85. The zero-order valence-corrected chi connectivity index (χ0v) is 19.6. The molecule has 0 saturated carbocycles. The second-order valence-corrected chi connectivity index (χ2v) is 8.65. The van der Waals surface area contributed by atoms with Crippen molar-refractivity contribution in [2.75, 3.05) is 19.7 Å². The van der Waals surface area contributed by atoms with Gasteiger partial charge in [0.15, 0.2) is 0 Å². The minimum absolute atomic E-state index is 0.0722. The van der Waals surface area contributed by atoms with Crippen LogP contribution >= 0.6 is 11.8 Å². The summed E-state index contributed by atoms with van der Waals surface area (Å²) < 4.78 is 17.0. The number of imide groups is 1. The van der Waals surface area contributed by atoms with E-state index in [1.165, 1.54) is 6.33 Å². The van der Waals surface area contributed by atoms with Crippen molar-refractivity contribution in [3.8, 4) is 17.5 Å². The first-order valence-corrected chi connectivity index (χ1v) is 11.7. The number of likely N-dealkylation sites (tertiary alicyclic amines) is 1. The van der Waals surface area contributed by atoms with Crippen molar-refractivity contribution in [3.05, 3.63) is 46.6 Å². The van der Waals surface area contributed by atoms with Crippen molar-refractivity contribution in [1.82, 2.24) is 20.2 Å². The monoisotopic (exact) mass is 484 g/mol. The van der Waals surface area contributed by atoms with E-state index in [0.29, 0.717) is 60.5 Å². The van der Waals surface area contributed by atoms with Crippen LogP contribution in [0.25, 0.3) is 6.08 Å². The van der Waals surface area contributed by atoms with Crippen molar-refractivity contribution in [2.24, 2.45) is 0 Å². The lowest BCUT2D eigenvalue weighted by Gasteiger charge is -2.31. The smallest absolute Gasteiger partial charge is 0.409 e. The fourth-order valence-corrected chi connectivity index (χ4v) is 4.17. The van der Waals surface area contributed by atoms with Crippen LogP contribution < -0.4 is 14.8 Å². The minimum atomic E-state index is -0.397. The van der Waals surface area contributed by atoms with Gasteiger partial charge in [0.05, 0.1) is 17.1 Å². The number of aromatic nitrogens is 2. The molecule has 2 aliphatic rings. The lowest BCUT2D eigenvalue weighted by Crippen LogP contribution is -2.42. The summed E-state index contributed by atoms with van der Waals surface area (Å²) in [5.74, 6) is 0.967. The summed E-state index contributed by atoms with van der Waals surface area (Å²) >= 11 is 0.870. The van der Waals surface area contributed by atoms with E-state index in [1.807, 2.05) is 6.92 Å². The average molecular weight is 485 g/mol. The van der Waals surface area contributed by atoms with Gasteiger partial charge in [0.1, 0.15) is 18.2 Å². The van der Waals surface area contributed by atoms with Gasteiger partial charge in [-0.15, -0.1) is 0 Å². The molecule has 2 aliphatic heterocycles. The number of piperidine rings is 1. The zero-order chi connectivity index (χ0) is 24.1. The third-order valence-corrected chi connectivity index (χ3v) is 6.08. The standard InChI is InChI=1S/C23H24N4O6S/c1-3-31-23(30)27-10-8-17(9-11-27)33-21-14(2)20(24-13-25-21)32-16-6-4-15(5-7-16)12-18-19(28)26-22(29)34-18/h4-7,12-13,17H,3,8-11H2,1-2H3,(H,26,28,29)/b18-12-. The third-order valence-electron chi connectivity index (χ3n) is 5.27. The van der Waals surface area contributed by atoms with E-state index in [0.717, 1.165) is 17.3 Å². The van der Waals surface area contributed by atoms with Gasteiger partial charge in [0.25, 0.3) is 11.1 Å². The fourth-order valence-electron chi connectivity index (χ4n) is 3.49. The molecule has 1 aromatic heterocycles. The Kier molecular flexibility index (Phi) is 7.31. The van der Waals surface area contributed by atoms with Gasteiger partial charge in [-0.25, -0.2) is 14.8 Å². The molecular weight excluding hydrogens is 460 g/mol. The number of ether oxygens (including phenoxy) is 3. The maximum absolute atomic E-state index is 11.9. The van der Waals surface area contributed by atoms with Gasteiger partial charge in [0, 0.05) is 25.9 Å². The van der Waals surface area contributed by atoms with Gasteiger partial charge in [-0.05, 0) is 49.4 Å². The molecule has 1 N–H and O–H groups in total. The molecule has 0 bridgehead atoms. The Labute approximate surface area is 200 Å². The normalized spacial score (nSPS) is 17.6. The van der Waals surface area contributed by atoms with E-state index in [4.69, 9.17) is 14.2 Å². The first-order chi connectivity index (χ1) is 16.4. The van der Waals surface area contributed by atoms with Crippen LogP contribution in [0.4, 0.5) is 9.59 Å². The molecule has 2 aromatic rings.